The van der Waals surface area contributed by atoms with Crippen LogP contribution in [0.15, 0.2) is 18.2 Å². The number of rotatable bonds is 2. The van der Waals surface area contributed by atoms with E-state index in [4.69, 9.17) is 0 Å². The number of hydrogen-bond donors (Lipinski definition) is 1. The third kappa shape index (κ3) is 2.88. The molecule has 1 nitrogen and oxygen atoms in total. The number of halogens is 1. The Morgan fingerprint density at radius 2 is 2.33 bits per heavy atom. The molecule has 0 aromatic heterocycles. The molecule has 0 unspecified atom stereocenters. The largest absolute Gasteiger partial charge is 0.381 e. The standard InChI is InChI=1S/C12H16FNS/c1-9-4-5-10(13)7-12(9)14-11-3-2-6-15-8-11/h4-5,7,11,14H,2-3,6,8H2,1H3/t11-/m1/s1. The first-order valence-corrected chi connectivity index (χ1v) is 6.51. The van der Waals surface area contributed by atoms with E-state index in [0.717, 1.165) is 17.0 Å². The van der Waals surface area contributed by atoms with Crippen LogP contribution in [0.2, 0.25) is 0 Å². The maximum Gasteiger partial charge on any atom is 0.125 e. The van der Waals surface area contributed by atoms with Crippen molar-refractivity contribution in [2.24, 2.45) is 0 Å². The molecule has 1 heterocycles. The number of anilines is 1. The van der Waals surface area contributed by atoms with Crippen molar-refractivity contribution >= 4 is 17.4 Å². The molecule has 0 aliphatic carbocycles. The van der Waals surface area contributed by atoms with Crippen LogP contribution in [0.4, 0.5) is 10.1 Å². The van der Waals surface area contributed by atoms with E-state index in [1.165, 1.54) is 24.7 Å². The average molecular weight is 225 g/mol. The minimum atomic E-state index is -0.161. The van der Waals surface area contributed by atoms with E-state index < -0.39 is 0 Å². The van der Waals surface area contributed by atoms with E-state index in [-0.39, 0.29) is 5.82 Å². The van der Waals surface area contributed by atoms with Gasteiger partial charge >= 0.3 is 0 Å². The highest BCUT2D eigenvalue weighted by molar-refractivity contribution is 7.99. The van der Waals surface area contributed by atoms with Crippen molar-refractivity contribution in [3.8, 4) is 0 Å². The lowest BCUT2D eigenvalue weighted by Gasteiger charge is -2.24. The van der Waals surface area contributed by atoms with E-state index in [1.54, 1.807) is 6.07 Å². The molecule has 1 aliphatic rings. The Morgan fingerprint density at radius 1 is 1.47 bits per heavy atom. The average Bonchev–Trinajstić information content (AvgIpc) is 2.25. The molecule has 1 N–H and O–H groups in total. The molecule has 0 radical (unpaired) electrons. The monoisotopic (exact) mass is 225 g/mol. The second-order valence-electron chi connectivity index (χ2n) is 4.02. The molecule has 82 valence electrons. The van der Waals surface area contributed by atoms with E-state index in [2.05, 4.69) is 5.32 Å². The van der Waals surface area contributed by atoms with Gasteiger partial charge in [-0.2, -0.15) is 11.8 Å². The maximum absolute atomic E-state index is 13.1. The summed E-state index contributed by atoms with van der Waals surface area (Å²) in [6.07, 6.45) is 2.46. The van der Waals surface area contributed by atoms with Crippen molar-refractivity contribution in [1.82, 2.24) is 0 Å². The molecule has 0 spiro atoms. The molecular formula is C12H16FNS. The molecule has 15 heavy (non-hydrogen) atoms. The Balaban J connectivity index is 2.05. The summed E-state index contributed by atoms with van der Waals surface area (Å²) in [4.78, 5) is 0. The van der Waals surface area contributed by atoms with Gasteiger partial charge in [0, 0.05) is 17.5 Å². The third-order valence-electron chi connectivity index (χ3n) is 2.72. The van der Waals surface area contributed by atoms with E-state index >= 15 is 0 Å². The van der Waals surface area contributed by atoms with E-state index in [9.17, 15) is 4.39 Å². The lowest BCUT2D eigenvalue weighted by atomic mass is 10.1. The molecule has 0 saturated carbocycles. The molecule has 1 aliphatic heterocycles. The summed E-state index contributed by atoms with van der Waals surface area (Å²) >= 11 is 1.98. The van der Waals surface area contributed by atoms with Gasteiger partial charge in [0.05, 0.1) is 0 Å². The molecule has 1 saturated heterocycles. The molecule has 3 heteroatoms. The van der Waals surface area contributed by atoms with Crippen LogP contribution >= 0.6 is 11.8 Å². The Hall–Kier alpha value is -0.700. The second kappa shape index (κ2) is 4.88. The third-order valence-corrected chi connectivity index (χ3v) is 3.93. The van der Waals surface area contributed by atoms with Gasteiger partial charge in [0.15, 0.2) is 0 Å². The van der Waals surface area contributed by atoms with Gasteiger partial charge in [-0.3, -0.25) is 0 Å². The zero-order valence-corrected chi connectivity index (χ0v) is 9.74. The fourth-order valence-electron chi connectivity index (χ4n) is 1.82. The number of thioether (sulfide) groups is 1. The Labute approximate surface area is 94.5 Å². The van der Waals surface area contributed by atoms with Gasteiger partial charge in [-0.25, -0.2) is 4.39 Å². The summed E-state index contributed by atoms with van der Waals surface area (Å²) in [5, 5.41) is 3.43. The van der Waals surface area contributed by atoms with Gasteiger partial charge in [-0.15, -0.1) is 0 Å². The van der Waals surface area contributed by atoms with Crippen LogP contribution < -0.4 is 5.32 Å². The highest BCUT2D eigenvalue weighted by atomic mass is 32.2. The number of nitrogens with one attached hydrogen (secondary N) is 1. The predicted molar refractivity (Wildman–Crippen MR) is 65.1 cm³/mol. The first-order chi connectivity index (χ1) is 7.25. The van der Waals surface area contributed by atoms with Crippen molar-refractivity contribution in [3.05, 3.63) is 29.6 Å². The molecule has 1 fully saturated rings. The van der Waals surface area contributed by atoms with Crippen LogP contribution in [0.3, 0.4) is 0 Å². The molecular weight excluding hydrogens is 209 g/mol. The zero-order valence-electron chi connectivity index (χ0n) is 8.92. The molecule has 1 aromatic carbocycles. The molecule has 0 amide bonds. The smallest absolute Gasteiger partial charge is 0.125 e. The van der Waals surface area contributed by atoms with Gasteiger partial charge < -0.3 is 5.32 Å². The Bertz CT molecular complexity index is 334. The number of benzene rings is 1. The minimum absolute atomic E-state index is 0.161. The van der Waals surface area contributed by atoms with Gasteiger partial charge in [0.1, 0.15) is 5.82 Å². The Morgan fingerprint density at radius 3 is 3.07 bits per heavy atom. The fraction of sp³-hybridized carbons (Fsp3) is 0.500. The fourth-order valence-corrected chi connectivity index (χ4v) is 2.90. The second-order valence-corrected chi connectivity index (χ2v) is 5.17. The first kappa shape index (κ1) is 10.8. The minimum Gasteiger partial charge on any atom is -0.381 e. The summed E-state index contributed by atoms with van der Waals surface area (Å²) in [6.45, 7) is 2.01. The van der Waals surface area contributed by atoms with Crippen molar-refractivity contribution in [3.63, 3.8) is 0 Å². The maximum atomic E-state index is 13.1. The highest BCUT2D eigenvalue weighted by Gasteiger charge is 2.14. The molecule has 2 rings (SSSR count). The number of hydrogen-bond acceptors (Lipinski definition) is 2. The van der Waals surface area contributed by atoms with E-state index in [0.29, 0.717) is 6.04 Å². The summed E-state index contributed by atoms with van der Waals surface area (Å²) in [5.74, 6) is 2.24. The highest BCUT2D eigenvalue weighted by Crippen LogP contribution is 2.23. The molecule has 0 bridgehead atoms. The van der Waals surface area contributed by atoms with Gasteiger partial charge in [0.25, 0.3) is 0 Å². The normalized spacial score (nSPS) is 21.3. The van der Waals surface area contributed by atoms with E-state index in [1.807, 2.05) is 24.8 Å². The molecule has 1 aromatic rings. The topological polar surface area (TPSA) is 12.0 Å². The number of aryl methyl sites for hydroxylation is 1. The SMILES string of the molecule is Cc1ccc(F)cc1N[C@@H]1CCCSC1. The quantitative estimate of drug-likeness (QED) is 0.827. The predicted octanol–water partition coefficient (Wildman–Crippen LogP) is 3.44. The van der Waals surface area contributed by atoms with Crippen LogP contribution in [0, 0.1) is 12.7 Å². The zero-order chi connectivity index (χ0) is 10.7. The van der Waals surface area contributed by atoms with Gasteiger partial charge in [-0.05, 0) is 43.2 Å². The van der Waals surface area contributed by atoms with Crippen LogP contribution in [0.1, 0.15) is 18.4 Å². The summed E-state index contributed by atoms with van der Waals surface area (Å²) < 4.78 is 13.1. The van der Waals surface area contributed by atoms with Gasteiger partial charge in [-0.1, -0.05) is 6.07 Å². The summed E-state index contributed by atoms with van der Waals surface area (Å²) in [6, 6.07) is 5.43. The van der Waals surface area contributed by atoms with Crippen molar-refractivity contribution in [2.75, 3.05) is 16.8 Å². The van der Waals surface area contributed by atoms with Crippen LogP contribution in [-0.2, 0) is 0 Å². The van der Waals surface area contributed by atoms with Gasteiger partial charge in [0.2, 0.25) is 0 Å². The summed E-state index contributed by atoms with van der Waals surface area (Å²) in [5.41, 5.74) is 2.06. The van der Waals surface area contributed by atoms with Crippen LogP contribution in [-0.4, -0.2) is 17.5 Å². The van der Waals surface area contributed by atoms with Crippen molar-refractivity contribution in [1.29, 1.82) is 0 Å². The van der Waals surface area contributed by atoms with Crippen LogP contribution in [0.25, 0.3) is 0 Å². The lowest BCUT2D eigenvalue weighted by molar-refractivity contribution is 0.626. The van der Waals surface area contributed by atoms with Crippen LogP contribution in [0.5, 0.6) is 0 Å². The first-order valence-electron chi connectivity index (χ1n) is 5.36. The van der Waals surface area contributed by atoms with Crippen molar-refractivity contribution < 1.29 is 4.39 Å². The lowest BCUT2D eigenvalue weighted by Crippen LogP contribution is -2.26. The van der Waals surface area contributed by atoms with Crippen molar-refractivity contribution in [2.45, 2.75) is 25.8 Å². The molecule has 1 atom stereocenters. The summed E-state index contributed by atoms with van der Waals surface area (Å²) in [7, 11) is 0. The Kier molecular flexibility index (Phi) is 3.52.